The van der Waals surface area contributed by atoms with Gasteiger partial charge < -0.3 is 19.7 Å². The molecule has 1 fully saturated rings. The van der Waals surface area contributed by atoms with Crippen LogP contribution in [0.15, 0.2) is 18.2 Å². The van der Waals surface area contributed by atoms with Crippen LogP contribution in [0.25, 0.3) is 0 Å². The Morgan fingerprint density at radius 2 is 1.83 bits per heavy atom. The van der Waals surface area contributed by atoms with Gasteiger partial charge in [-0.05, 0) is 42.9 Å². The van der Waals surface area contributed by atoms with Gasteiger partial charge in [0.25, 0.3) is 0 Å². The molecule has 0 aromatic heterocycles. The normalized spacial score (nSPS) is 15.0. The molecular weight excluding hydrogens is 308 g/mol. The first-order valence-electron chi connectivity index (χ1n) is 8.33. The first-order chi connectivity index (χ1) is 11.5. The number of rotatable bonds is 5. The molecule has 1 aromatic rings. The number of piperidine rings is 1. The van der Waals surface area contributed by atoms with Gasteiger partial charge in [0.15, 0.2) is 11.5 Å². The van der Waals surface area contributed by atoms with Crippen LogP contribution in [0.3, 0.4) is 0 Å². The lowest BCUT2D eigenvalue weighted by Gasteiger charge is -2.29. The van der Waals surface area contributed by atoms with E-state index in [0.29, 0.717) is 43.5 Å². The molecule has 0 bridgehead atoms. The first-order valence-corrected chi connectivity index (χ1v) is 8.33. The topological polar surface area (TPSA) is 67.9 Å². The van der Waals surface area contributed by atoms with Crippen LogP contribution in [0.4, 0.5) is 0 Å². The van der Waals surface area contributed by atoms with Crippen molar-refractivity contribution < 1.29 is 19.1 Å². The molecule has 1 heterocycles. The number of carbonyl (C=O) groups excluding carboxylic acids is 2. The van der Waals surface area contributed by atoms with Gasteiger partial charge in [-0.15, -0.1) is 0 Å². The average molecular weight is 334 g/mol. The minimum Gasteiger partial charge on any atom is -0.493 e. The maximum Gasteiger partial charge on any atom is 0.311 e. The van der Waals surface area contributed by atoms with Gasteiger partial charge in [0.2, 0.25) is 0 Å². The predicted molar refractivity (Wildman–Crippen MR) is 91.2 cm³/mol. The number of methoxy groups -OCH3 is 2. The summed E-state index contributed by atoms with van der Waals surface area (Å²) in [7, 11) is 3.17. The van der Waals surface area contributed by atoms with Crippen molar-refractivity contribution in [3.05, 3.63) is 23.8 Å². The van der Waals surface area contributed by atoms with E-state index in [4.69, 9.17) is 9.47 Å². The van der Waals surface area contributed by atoms with E-state index in [2.05, 4.69) is 12.2 Å². The van der Waals surface area contributed by atoms with Gasteiger partial charge >= 0.3 is 11.8 Å². The summed E-state index contributed by atoms with van der Waals surface area (Å²) in [5.74, 6) is 1.00. The summed E-state index contributed by atoms with van der Waals surface area (Å²) in [5, 5.41) is 2.70. The molecule has 6 nitrogen and oxygen atoms in total. The summed E-state index contributed by atoms with van der Waals surface area (Å²) >= 11 is 0. The lowest BCUT2D eigenvalue weighted by Crippen LogP contribution is -2.46. The molecular formula is C18H26N2O4. The number of likely N-dealkylation sites (tertiary alicyclic amines) is 1. The molecule has 2 amide bonds. The number of nitrogens with one attached hydrogen (secondary N) is 1. The van der Waals surface area contributed by atoms with E-state index in [1.165, 1.54) is 0 Å². The minimum absolute atomic E-state index is 0.407. The van der Waals surface area contributed by atoms with Crippen LogP contribution in [0.1, 0.15) is 25.3 Å². The maximum atomic E-state index is 12.1. The Hall–Kier alpha value is -2.24. The molecule has 6 heteroatoms. The highest BCUT2D eigenvalue weighted by Gasteiger charge is 2.25. The Labute approximate surface area is 143 Å². The van der Waals surface area contributed by atoms with Gasteiger partial charge in [-0.3, -0.25) is 9.59 Å². The molecule has 2 rings (SSSR count). The SMILES string of the molecule is COc1ccc(CCNC(=O)C(=O)N2CCC(C)CC2)cc1OC. The van der Waals surface area contributed by atoms with Crippen molar-refractivity contribution in [2.75, 3.05) is 33.9 Å². The molecule has 0 atom stereocenters. The van der Waals surface area contributed by atoms with Crippen LogP contribution in [0.5, 0.6) is 11.5 Å². The van der Waals surface area contributed by atoms with Gasteiger partial charge in [0.05, 0.1) is 14.2 Å². The quantitative estimate of drug-likeness (QED) is 0.831. The molecule has 0 aliphatic carbocycles. The van der Waals surface area contributed by atoms with E-state index in [1.807, 2.05) is 18.2 Å². The van der Waals surface area contributed by atoms with Crippen LogP contribution < -0.4 is 14.8 Å². The van der Waals surface area contributed by atoms with Crippen molar-refractivity contribution in [3.8, 4) is 11.5 Å². The van der Waals surface area contributed by atoms with Crippen LogP contribution in [-0.4, -0.2) is 50.6 Å². The number of hydrogen-bond donors (Lipinski definition) is 1. The zero-order valence-corrected chi connectivity index (χ0v) is 14.6. The largest absolute Gasteiger partial charge is 0.493 e. The summed E-state index contributed by atoms with van der Waals surface area (Å²) in [6.07, 6.45) is 2.55. The van der Waals surface area contributed by atoms with E-state index in [1.54, 1.807) is 19.1 Å². The molecule has 24 heavy (non-hydrogen) atoms. The molecule has 132 valence electrons. The molecule has 0 spiro atoms. The highest BCUT2D eigenvalue weighted by molar-refractivity contribution is 6.35. The van der Waals surface area contributed by atoms with Gasteiger partial charge in [0.1, 0.15) is 0 Å². The Morgan fingerprint density at radius 1 is 1.17 bits per heavy atom. The number of amides is 2. The van der Waals surface area contributed by atoms with Crippen LogP contribution in [-0.2, 0) is 16.0 Å². The average Bonchev–Trinajstić information content (AvgIpc) is 2.61. The molecule has 1 aromatic carbocycles. The monoisotopic (exact) mass is 334 g/mol. The van der Waals surface area contributed by atoms with Gasteiger partial charge in [0, 0.05) is 19.6 Å². The maximum absolute atomic E-state index is 12.1. The molecule has 0 unspecified atom stereocenters. The third kappa shape index (κ3) is 4.63. The Bertz CT molecular complexity index is 580. The molecule has 1 aliphatic rings. The van der Waals surface area contributed by atoms with E-state index < -0.39 is 11.8 Å². The Kier molecular flexibility index (Phi) is 6.46. The van der Waals surface area contributed by atoms with Crippen molar-refractivity contribution >= 4 is 11.8 Å². The molecule has 1 saturated heterocycles. The lowest BCUT2D eigenvalue weighted by molar-refractivity contribution is -0.146. The third-order valence-electron chi connectivity index (χ3n) is 4.41. The zero-order chi connectivity index (χ0) is 17.5. The van der Waals surface area contributed by atoms with Crippen molar-refractivity contribution in [3.63, 3.8) is 0 Å². The number of carbonyl (C=O) groups is 2. The van der Waals surface area contributed by atoms with Crippen LogP contribution in [0, 0.1) is 5.92 Å². The molecule has 1 aliphatic heterocycles. The second kappa shape index (κ2) is 8.57. The summed E-state index contributed by atoms with van der Waals surface area (Å²) in [4.78, 5) is 25.7. The number of nitrogens with zero attached hydrogens (tertiary/aromatic N) is 1. The van der Waals surface area contributed by atoms with Gasteiger partial charge in [-0.1, -0.05) is 13.0 Å². The third-order valence-corrected chi connectivity index (χ3v) is 4.41. The second-order valence-electron chi connectivity index (χ2n) is 6.17. The zero-order valence-electron chi connectivity index (χ0n) is 14.6. The van der Waals surface area contributed by atoms with E-state index in [-0.39, 0.29) is 0 Å². The fraction of sp³-hybridized carbons (Fsp3) is 0.556. The lowest BCUT2D eigenvalue weighted by atomic mass is 9.99. The number of ether oxygens (including phenoxy) is 2. The van der Waals surface area contributed by atoms with Crippen molar-refractivity contribution in [1.29, 1.82) is 0 Å². The number of hydrogen-bond acceptors (Lipinski definition) is 4. The predicted octanol–water partition coefficient (Wildman–Crippen LogP) is 1.62. The van der Waals surface area contributed by atoms with Gasteiger partial charge in [-0.25, -0.2) is 0 Å². The van der Waals surface area contributed by atoms with Crippen LogP contribution >= 0.6 is 0 Å². The standard InChI is InChI=1S/C18H26N2O4/c1-13-7-10-20(11-8-13)18(22)17(21)19-9-6-14-4-5-15(23-2)16(12-14)24-3/h4-5,12-13H,6-11H2,1-3H3,(H,19,21). The number of benzene rings is 1. The summed E-state index contributed by atoms with van der Waals surface area (Å²) < 4.78 is 10.5. The fourth-order valence-electron chi connectivity index (χ4n) is 2.79. The van der Waals surface area contributed by atoms with E-state index in [0.717, 1.165) is 18.4 Å². The van der Waals surface area contributed by atoms with E-state index in [9.17, 15) is 9.59 Å². The molecule has 1 N–H and O–H groups in total. The Morgan fingerprint density at radius 3 is 2.46 bits per heavy atom. The fourth-order valence-corrected chi connectivity index (χ4v) is 2.79. The van der Waals surface area contributed by atoms with Crippen molar-refractivity contribution in [2.24, 2.45) is 5.92 Å². The summed E-state index contributed by atoms with van der Waals surface area (Å²) in [6, 6.07) is 5.62. The summed E-state index contributed by atoms with van der Waals surface area (Å²) in [5.41, 5.74) is 1.01. The smallest absolute Gasteiger partial charge is 0.311 e. The minimum atomic E-state index is -0.523. The van der Waals surface area contributed by atoms with Gasteiger partial charge in [-0.2, -0.15) is 0 Å². The van der Waals surface area contributed by atoms with Crippen LogP contribution in [0.2, 0.25) is 0 Å². The molecule has 0 radical (unpaired) electrons. The van der Waals surface area contributed by atoms with E-state index >= 15 is 0 Å². The van der Waals surface area contributed by atoms with Crippen molar-refractivity contribution in [1.82, 2.24) is 10.2 Å². The Balaban J connectivity index is 1.81. The highest BCUT2D eigenvalue weighted by atomic mass is 16.5. The van der Waals surface area contributed by atoms with Crippen molar-refractivity contribution in [2.45, 2.75) is 26.2 Å². The first kappa shape index (κ1) is 18.1. The highest BCUT2D eigenvalue weighted by Crippen LogP contribution is 2.27. The molecule has 0 saturated carbocycles. The second-order valence-corrected chi connectivity index (χ2v) is 6.17. The summed E-state index contributed by atoms with van der Waals surface area (Å²) in [6.45, 7) is 3.92.